The fourth-order valence-electron chi connectivity index (χ4n) is 1.41. The molecule has 0 unspecified atom stereocenters. The average Bonchev–Trinajstić information content (AvgIpc) is 2.43. The van der Waals surface area contributed by atoms with Crippen LogP contribution < -0.4 is 15.8 Å². The Morgan fingerprint density at radius 3 is 2.82 bits per heavy atom. The van der Waals surface area contributed by atoms with Gasteiger partial charge in [0, 0.05) is 18.8 Å². The molecule has 126 valence electrons. The molecule has 0 aliphatic carbocycles. The molecule has 0 aliphatic rings. The number of pyridine rings is 1. The first kappa shape index (κ1) is 20.7. The molecule has 0 radical (unpaired) electrons. The summed E-state index contributed by atoms with van der Waals surface area (Å²) in [6.07, 6.45) is -0.980. The van der Waals surface area contributed by atoms with Crippen LogP contribution in [-0.4, -0.2) is 30.3 Å². The highest BCUT2D eigenvalue weighted by atomic mass is 127. The van der Waals surface area contributed by atoms with Crippen molar-refractivity contribution in [2.24, 2.45) is 10.7 Å². The van der Waals surface area contributed by atoms with E-state index in [1.54, 1.807) is 6.07 Å². The Morgan fingerprint density at radius 1 is 1.45 bits per heavy atom. The number of ether oxygens (including phenoxy) is 1. The molecule has 1 aromatic rings. The van der Waals surface area contributed by atoms with Crippen LogP contribution in [0, 0.1) is 0 Å². The van der Waals surface area contributed by atoms with Crippen LogP contribution in [0.2, 0.25) is 0 Å². The maximum Gasteiger partial charge on any atom is 0.422 e. The summed E-state index contributed by atoms with van der Waals surface area (Å²) in [7, 11) is 0. The first-order valence-electron chi connectivity index (χ1n) is 6.59. The van der Waals surface area contributed by atoms with Crippen molar-refractivity contribution < 1.29 is 17.9 Å². The summed E-state index contributed by atoms with van der Waals surface area (Å²) in [5, 5.41) is 2.95. The molecule has 22 heavy (non-hydrogen) atoms. The lowest BCUT2D eigenvalue weighted by molar-refractivity contribution is -0.154. The summed E-state index contributed by atoms with van der Waals surface area (Å²) in [5.74, 6) is 0.218. The second-order valence-corrected chi connectivity index (χ2v) is 4.39. The maximum absolute atomic E-state index is 12.0. The van der Waals surface area contributed by atoms with Gasteiger partial charge < -0.3 is 15.8 Å². The van der Waals surface area contributed by atoms with Gasteiger partial charge >= 0.3 is 6.18 Å². The average molecular weight is 432 g/mol. The SMILES string of the molecule is CCCCNC(N)=NCc1ccnc(OCC(F)(F)F)c1.I. The third-order valence-corrected chi connectivity index (χ3v) is 2.45. The second-order valence-electron chi connectivity index (χ2n) is 4.39. The molecule has 0 aliphatic heterocycles. The zero-order valence-electron chi connectivity index (χ0n) is 12.2. The maximum atomic E-state index is 12.0. The van der Waals surface area contributed by atoms with Crippen molar-refractivity contribution in [2.45, 2.75) is 32.5 Å². The fourth-order valence-corrected chi connectivity index (χ4v) is 1.41. The predicted octanol–water partition coefficient (Wildman–Crippen LogP) is 2.85. The van der Waals surface area contributed by atoms with Gasteiger partial charge in [-0.05, 0) is 18.1 Å². The lowest BCUT2D eigenvalue weighted by Gasteiger charge is -2.09. The van der Waals surface area contributed by atoms with Gasteiger partial charge in [-0.2, -0.15) is 13.2 Å². The van der Waals surface area contributed by atoms with E-state index in [-0.39, 0.29) is 36.4 Å². The molecule has 5 nitrogen and oxygen atoms in total. The van der Waals surface area contributed by atoms with E-state index >= 15 is 0 Å². The third-order valence-electron chi connectivity index (χ3n) is 2.45. The number of nitrogens with zero attached hydrogens (tertiary/aromatic N) is 2. The molecule has 9 heteroatoms. The molecule has 0 aromatic carbocycles. The quantitative estimate of drug-likeness (QED) is 0.301. The highest BCUT2D eigenvalue weighted by Gasteiger charge is 2.28. The highest BCUT2D eigenvalue weighted by Crippen LogP contribution is 2.17. The fraction of sp³-hybridized carbons (Fsp3) is 0.538. The number of unbranched alkanes of at least 4 members (excludes halogenated alkanes) is 1. The number of alkyl halides is 3. The molecule has 0 amide bonds. The summed E-state index contributed by atoms with van der Waals surface area (Å²) in [5.41, 5.74) is 6.33. The number of aliphatic imine (C=N–C) groups is 1. The molecular weight excluding hydrogens is 412 g/mol. The molecular formula is C13H20F3IN4O. The topological polar surface area (TPSA) is 72.5 Å². The van der Waals surface area contributed by atoms with E-state index in [0.717, 1.165) is 19.4 Å². The summed E-state index contributed by atoms with van der Waals surface area (Å²) < 4.78 is 40.7. The van der Waals surface area contributed by atoms with Gasteiger partial charge in [-0.3, -0.25) is 0 Å². The zero-order valence-corrected chi connectivity index (χ0v) is 14.5. The molecule has 0 spiro atoms. The highest BCUT2D eigenvalue weighted by molar-refractivity contribution is 14.0. The molecule has 0 atom stereocenters. The first-order chi connectivity index (χ1) is 9.90. The minimum atomic E-state index is -4.39. The number of nitrogens with two attached hydrogens (primary N) is 1. The van der Waals surface area contributed by atoms with E-state index in [1.807, 2.05) is 0 Å². The normalized spacial score (nSPS) is 11.7. The molecule has 1 aromatic heterocycles. The number of nitrogens with one attached hydrogen (secondary N) is 1. The Labute approximate surface area is 144 Å². The molecule has 1 rings (SSSR count). The monoisotopic (exact) mass is 432 g/mol. The Hall–Kier alpha value is -1.26. The van der Waals surface area contributed by atoms with Crippen molar-refractivity contribution in [1.29, 1.82) is 0 Å². The lowest BCUT2D eigenvalue weighted by atomic mass is 10.3. The molecule has 0 fully saturated rings. The van der Waals surface area contributed by atoms with Gasteiger partial charge in [-0.15, -0.1) is 24.0 Å². The van der Waals surface area contributed by atoms with Crippen LogP contribution in [0.4, 0.5) is 13.2 Å². The molecule has 3 N–H and O–H groups in total. The largest absolute Gasteiger partial charge is 0.468 e. The van der Waals surface area contributed by atoms with Gasteiger partial charge in [0.05, 0.1) is 6.54 Å². The van der Waals surface area contributed by atoms with Gasteiger partial charge in [0.15, 0.2) is 12.6 Å². The Bertz CT molecular complexity index is 469. The number of halogens is 4. The van der Waals surface area contributed by atoms with E-state index < -0.39 is 12.8 Å². The minimum absolute atomic E-state index is 0. The van der Waals surface area contributed by atoms with Gasteiger partial charge in [-0.25, -0.2) is 9.98 Å². The molecule has 0 saturated heterocycles. The Balaban J connectivity index is 0.00000441. The van der Waals surface area contributed by atoms with Crippen molar-refractivity contribution in [2.75, 3.05) is 13.2 Å². The van der Waals surface area contributed by atoms with Crippen molar-refractivity contribution in [3.63, 3.8) is 0 Å². The van der Waals surface area contributed by atoms with Crippen LogP contribution in [0.3, 0.4) is 0 Å². The number of aromatic nitrogens is 1. The number of rotatable bonds is 7. The van der Waals surface area contributed by atoms with Crippen LogP contribution in [0.25, 0.3) is 0 Å². The Kier molecular flexibility index (Phi) is 9.86. The molecule has 0 saturated carbocycles. The van der Waals surface area contributed by atoms with E-state index in [4.69, 9.17) is 5.73 Å². The van der Waals surface area contributed by atoms with Crippen LogP contribution in [0.1, 0.15) is 25.3 Å². The van der Waals surface area contributed by atoms with Crippen molar-refractivity contribution in [3.05, 3.63) is 23.9 Å². The summed E-state index contributed by atoms with van der Waals surface area (Å²) in [6, 6.07) is 3.05. The summed E-state index contributed by atoms with van der Waals surface area (Å²) in [4.78, 5) is 7.81. The van der Waals surface area contributed by atoms with Crippen LogP contribution >= 0.6 is 24.0 Å². The van der Waals surface area contributed by atoms with Gasteiger partial charge in [0.1, 0.15) is 0 Å². The second kappa shape index (κ2) is 10.5. The minimum Gasteiger partial charge on any atom is -0.468 e. The van der Waals surface area contributed by atoms with Crippen LogP contribution in [0.5, 0.6) is 5.88 Å². The smallest absolute Gasteiger partial charge is 0.422 e. The van der Waals surface area contributed by atoms with Crippen LogP contribution in [-0.2, 0) is 6.54 Å². The molecule has 1 heterocycles. The van der Waals surface area contributed by atoms with Crippen molar-refractivity contribution >= 4 is 29.9 Å². The summed E-state index contributed by atoms with van der Waals surface area (Å²) in [6.45, 7) is 1.68. The summed E-state index contributed by atoms with van der Waals surface area (Å²) >= 11 is 0. The predicted molar refractivity (Wildman–Crippen MR) is 89.4 cm³/mol. The van der Waals surface area contributed by atoms with Crippen molar-refractivity contribution in [1.82, 2.24) is 10.3 Å². The third kappa shape index (κ3) is 9.64. The first-order valence-corrected chi connectivity index (χ1v) is 6.59. The van der Waals surface area contributed by atoms with E-state index in [1.165, 1.54) is 12.3 Å². The number of hydrogen-bond acceptors (Lipinski definition) is 3. The lowest BCUT2D eigenvalue weighted by Crippen LogP contribution is -2.32. The standard InChI is InChI=1S/C13H19F3N4O.HI/c1-2-3-5-19-12(17)20-8-10-4-6-18-11(7-10)21-9-13(14,15)16;/h4,6-7H,2-3,5,8-9H2,1H3,(H3,17,19,20);1H. The Morgan fingerprint density at radius 2 is 2.18 bits per heavy atom. The van der Waals surface area contributed by atoms with E-state index in [9.17, 15) is 13.2 Å². The zero-order chi connectivity index (χ0) is 15.7. The van der Waals surface area contributed by atoms with Gasteiger partial charge in [0.25, 0.3) is 0 Å². The van der Waals surface area contributed by atoms with Gasteiger partial charge in [0.2, 0.25) is 5.88 Å². The number of guanidine groups is 1. The van der Waals surface area contributed by atoms with E-state index in [0.29, 0.717) is 11.5 Å². The van der Waals surface area contributed by atoms with Gasteiger partial charge in [-0.1, -0.05) is 13.3 Å². The number of hydrogen-bond donors (Lipinski definition) is 2. The van der Waals surface area contributed by atoms with Crippen molar-refractivity contribution in [3.8, 4) is 5.88 Å². The van der Waals surface area contributed by atoms with Crippen LogP contribution in [0.15, 0.2) is 23.3 Å². The van der Waals surface area contributed by atoms with E-state index in [2.05, 4.69) is 27.0 Å². The molecule has 0 bridgehead atoms.